The number of carbonyl (C=O) groups excluding carboxylic acids is 1. The number of nitrogens with zero attached hydrogens (tertiary/aromatic N) is 2. The molecule has 0 radical (unpaired) electrons. The molecule has 36 heavy (non-hydrogen) atoms. The van der Waals surface area contributed by atoms with E-state index < -0.39 is 28.4 Å². The lowest BCUT2D eigenvalue weighted by molar-refractivity contribution is 0.104. The smallest absolute Gasteiger partial charge is 0.333 e. The third-order valence-electron chi connectivity index (χ3n) is 5.88. The number of halogens is 2. The van der Waals surface area contributed by atoms with Gasteiger partial charge in [0.05, 0.1) is 20.9 Å². The molecule has 10 nitrogen and oxygen atoms in total. The van der Waals surface area contributed by atoms with Crippen molar-refractivity contribution in [2.75, 3.05) is 11.9 Å². The van der Waals surface area contributed by atoms with E-state index in [4.69, 9.17) is 16.2 Å². The number of thiophene rings is 1. The van der Waals surface area contributed by atoms with E-state index in [1.165, 1.54) is 12.5 Å². The Labute approximate surface area is 224 Å². The lowest BCUT2D eigenvalue weighted by Crippen LogP contribution is -2.32. The highest BCUT2D eigenvalue weighted by molar-refractivity contribution is 9.10. The zero-order chi connectivity index (χ0) is 26.0. The van der Waals surface area contributed by atoms with Gasteiger partial charge in [-0.05, 0) is 36.6 Å². The Bertz CT molecular complexity index is 1370. The van der Waals surface area contributed by atoms with Crippen LogP contribution in [-0.4, -0.2) is 57.6 Å². The molecule has 1 fully saturated rings. The number of anilines is 1. The highest BCUT2D eigenvalue weighted by atomic mass is 79.9. The van der Waals surface area contributed by atoms with Gasteiger partial charge in [0.2, 0.25) is 5.78 Å². The molecular weight excluding hydrogens is 596 g/mol. The summed E-state index contributed by atoms with van der Waals surface area (Å²) in [4.78, 5) is 21.8. The Balaban J connectivity index is 1.51. The summed E-state index contributed by atoms with van der Waals surface area (Å²) in [5.74, 6) is -0.557. The summed E-state index contributed by atoms with van der Waals surface area (Å²) in [6.07, 6.45) is 1.50. The van der Waals surface area contributed by atoms with Gasteiger partial charge in [0.1, 0.15) is 18.2 Å². The number of hydrogen-bond acceptors (Lipinski definition) is 9. The monoisotopic (exact) mass is 616 g/mol. The van der Waals surface area contributed by atoms with Gasteiger partial charge in [-0.2, -0.15) is 13.1 Å². The van der Waals surface area contributed by atoms with Gasteiger partial charge < -0.3 is 15.5 Å². The van der Waals surface area contributed by atoms with Crippen LogP contribution < -0.4 is 10.0 Å². The van der Waals surface area contributed by atoms with Crippen LogP contribution in [0.3, 0.4) is 0 Å². The molecule has 0 saturated heterocycles. The quantitative estimate of drug-likeness (QED) is 0.179. The molecule has 1 aliphatic rings. The van der Waals surface area contributed by atoms with Crippen molar-refractivity contribution in [2.45, 2.75) is 31.1 Å². The van der Waals surface area contributed by atoms with E-state index in [1.807, 2.05) is 10.8 Å². The number of aromatic nitrogens is 2. The lowest BCUT2D eigenvalue weighted by atomic mass is 10.0. The Morgan fingerprint density at radius 1 is 1.31 bits per heavy atom. The van der Waals surface area contributed by atoms with Crippen molar-refractivity contribution in [3.8, 4) is 0 Å². The molecule has 0 amide bonds. The Morgan fingerprint density at radius 2 is 2.08 bits per heavy atom. The predicted octanol–water partition coefficient (Wildman–Crippen LogP) is 3.21. The summed E-state index contributed by atoms with van der Waals surface area (Å²) in [5, 5.41) is 24.3. The van der Waals surface area contributed by atoms with Crippen molar-refractivity contribution in [2.24, 2.45) is 5.92 Å². The first-order valence-corrected chi connectivity index (χ1v) is 14.2. The summed E-state index contributed by atoms with van der Waals surface area (Å²) >= 11 is 10.8. The zero-order valence-corrected chi connectivity index (χ0v) is 22.5. The minimum absolute atomic E-state index is 0.121. The topological polar surface area (TPSA) is 162 Å². The lowest BCUT2D eigenvalue weighted by Gasteiger charge is -2.15. The number of benzene rings is 1. The fourth-order valence-corrected chi connectivity index (χ4v) is 6.25. The fourth-order valence-electron chi connectivity index (χ4n) is 4.13. The van der Waals surface area contributed by atoms with Crippen molar-refractivity contribution in [3.63, 3.8) is 0 Å². The van der Waals surface area contributed by atoms with Gasteiger partial charge in [-0.1, -0.05) is 39.7 Å². The van der Waals surface area contributed by atoms with Crippen LogP contribution in [0.1, 0.15) is 45.3 Å². The summed E-state index contributed by atoms with van der Waals surface area (Å²) < 4.78 is 33.9. The van der Waals surface area contributed by atoms with Crippen molar-refractivity contribution in [1.29, 1.82) is 0 Å². The van der Waals surface area contributed by atoms with Crippen molar-refractivity contribution in [3.05, 3.63) is 73.2 Å². The largest absolute Gasteiger partial charge is 0.393 e. The molecular formula is C22H22BrClN4O6S2. The molecule has 2 aromatic heterocycles. The Kier molecular flexibility index (Phi) is 8.42. The molecule has 5 N–H and O–H groups in total. The van der Waals surface area contributed by atoms with Crippen LogP contribution >= 0.6 is 38.9 Å². The van der Waals surface area contributed by atoms with Gasteiger partial charge in [-0.3, -0.25) is 9.35 Å². The maximum atomic E-state index is 13.3. The van der Waals surface area contributed by atoms with Gasteiger partial charge in [0.15, 0.2) is 0 Å². The molecule has 192 valence electrons. The summed E-state index contributed by atoms with van der Waals surface area (Å²) in [5.41, 5.74) is 1.21. The zero-order valence-electron chi connectivity index (χ0n) is 18.5. The van der Waals surface area contributed by atoms with Crippen molar-refractivity contribution >= 4 is 60.8 Å². The molecule has 1 unspecified atom stereocenters. The van der Waals surface area contributed by atoms with Crippen LogP contribution in [0.15, 0.2) is 47.3 Å². The van der Waals surface area contributed by atoms with Gasteiger partial charge in [-0.15, -0.1) is 11.3 Å². The number of rotatable bonds is 9. The predicted molar refractivity (Wildman–Crippen MR) is 139 cm³/mol. The SMILES string of the molecule is O=C(c1cc(C(O)c2cccc(Br)c2)c(Cl)s1)c1cncnc1N[C@@H]1C[C@H](CNS(=O)(=O)O)[C@@H](O)C1. The summed E-state index contributed by atoms with van der Waals surface area (Å²) in [6.45, 7) is -0.121. The fraction of sp³-hybridized carbons (Fsp3) is 0.318. The van der Waals surface area contributed by atoms with Gasteiger partial charge in [0.25, 0.3) is 0 Å². The molecule has 14 heteroatoms. The van der Waals surface area contributed by atoms with Gasteiger partial charge >= 0.3 is 10.3 Å². The van der Waals surface area contributed by atoms with E-state index in [9.17, 15) is 23.4 Å². The highest BCUT2D eigenvalue weighted by Gasteiger charge is 2.34. The first kappa shape index (κ1) is 27.1. The molecule has 0 aliphatic heterocycles. The molecule has 1 saturated carbocycles. The van der Waals surface area contributed by atoms with Crippen molar-refractivity contribution in [1.82, 2.24) is 14.7 Å². The second-order valence-electron chi connectivity index (χ2n) is 8.38. The molecule has 4 atom stereocenters. The normalized spacial score (nSPS) is 20.9. The standard InChI is InChI=1S/C22H22BrClN4O6S2/c23-13-3-1-2-11(4-13)19(30)15-7-18(35-21(15)24)20(31)16-9-25-10-26-22(16)28-14-5-12(17(29)6-14)8-27-36(32,33)34/h1-4,7,9-10,12,14,17,19,27,29-30H,5-6,8H2,(H,25,26,28)(H,32,33,34)/t12-,14-,17+,19?/m1/s1. The third kappa shape index (κ3) is 6.47. The Morgan fingerprint density at radius 3 is 2.81 bits per heavy atom. The van der Waals surface area contributed by atoms with Crippen LogP contribution in [0.4, 0.5) is 5.82 Å². The third-order valence-corrected chi connectivity index (χ3v) is 8.29. The van der Waals surface area contributed by atoms with Crippen LogP contribution in [0.5, 0.6) is 0 Å². The molecule has 0 spiro atoms. The molecule has 1 aromatic carbocycles. The average Bonchev–Trinajstić information content (AvgIpc) is 3.38. The first-order chi connectivity index (χ1) is 17.0. The summed E-state index contributed by atoms with van der Waals surface area (Å²) in [7, 11) is -4.36. The van der Waals surface area contributed by atoms with Crippen LogP contribution in [0.25, 0.3) is 0 Å². The van der Waals surface area contributed by atoms with E-state index in [1.54, 1.807) is 24.3 Å². The number of aliphatic hydroxyl groups is 2. The van der Waals surface area contributed by atoms with Gasteiger partial charge in [0, 0.05) is 34.7 Å². The second kappa shape index (κ2) is 11.2. The number of nitrogens with one attached hydrogen (secondary N) is 2. The molecule has 1 aliphatic carbocycles. The van der Waals surface area contributed by atoms with E-state index >= 15 is 0 Å². The second-order valence-corrected chi connectivity index (χ2v) is 12.2. The first-order valence-electron chi connectivity index (χ1n) is 10.8. The maximum Gasteiger partial charge on any atom is 0.333 e. The van der Waals surface area contributed by atoms with E-state index in [0.29, 0.717) is 28.8 Å². The van der Waals surface area contributed by atoms with Crippen LogP contribution in [0.2, 0.25) is 4.34 Å². The Hall–Kier alpha value is -1.97. The van der Waals surface area contributed by atoms with Crippen molar-refractivity contribution < 1.29 is 28.0 Å². The highest BCUT2D eigenvalue weighted by Crippen LogP contribution is 2.37. The van der Waals surface area contributed by atoms with Crippen LogP contribution in [0, 0.1) is 5.92 Å². The van der Waals surface area contributed by atoms with E-state index in [2.05, 4.69) is 31.2 Å². The number of aliphatic hydroxyl groups excluding tert-OH is 2. The summed E-state index contributed by atoms with van der Waals surface area (Å²) in [6, 6.07) is 8.40. The van der Waals surface area contributed by atoms with E-state index in [-0.39, 0.29) is 34.1 Å². The maximum absolute atomic E-state index is 13.3. The van der Waals surface area contributed by atoms with E-state index in [0.717, 1.165) is 15.8 Å². The average molecular weight is 618 g/mol. The molecule has 3 aromatic rings. The molecule has 4 rings (SSSR count). The van der Waals surface area contributed by atoms with Crippen LogP contribution in [-0.2, 0) is 10.3 Å². The molecule has 0 bridgehead atoms. The van der Waals surface area contributed by atoms with Gasteiger partial charge in [-0.25, -0.2) is 9.97 Å². The number of ketones is 1. The number of carbonyl (C=O) groups is 1. The minimum Gasteiger partial charge on any atom is -0.393 e. The minimum atomic E-state index is -4.36. The molecule has 2 heterocycles. The number of hydrogen-bond donors (Lipinski definition) is 5.